The van der Waals surface area contributed by atoms with Crippen LogP contribution >= 0.6 is 0 Å². The third-order valence-corrected chi connectivity index (χ3v) is 6.90. The Morgan fingerprint density at radius 1 is 1.14 bits per heavy atom. The zero-order valence-electron chi connectivity index (χ0n) is 12.7. The van der Waals surface area contributed by atoms with Crippen molar-refractivity contribution in [2.24, 2.45) is 0 Å². The van der Waals surface area contributed by atoms with E-state index in [-0.39, 0.29) is 6.04 Å². The molecule has 1 fully saturated rings. The maximum absolute atomic E-state index is 13.1. The molecule has 4 nitrogen and oxygen atoms in total. The maximum Gasteiger partial charge on any atom is 0.247 e. The summed E-state index contributed by atoms with van der Waals surface area (Å²) in [7, 11) is -3.51. The van der Waals surface area contributed by atoms with Crippen molar-refractivity contribution in [2.75, 3.05) is 6.54 Å². The molecule has 0 radical (unpaired) electrons. The first kappa shape index (κ1) is 14.0. The van der Waals surface area contributed by atoms with Crippen LogP contribution in [0.3, 0.4) is 0 Å². The van der Waals surface area contributed by atoms with E-state index in [2.05, 4.69) is 12.1 Å². The molecule has 1 aromatic heterocycles. The summed E-state index contributed by atoms with van der Waals surface area (Å²) in [6, 6.07) is 9.85. The van der Waals surface area contributed by atoms with Crippen LogP contribution in [0.5, 0.6) is 0 Å². The standard InChI is InChI=1S/C17H19NO3S/c1-11-9-17(12(2)21-11)22(19,20)18-10-13-7-8-16(18)15-6-4-3-5-14(13)15/h3-6,9,13,16H,7-8,10H2,1-2H3/t13-,16+/m1/s1. The SMILES string of the molecule is Cc1cc(S(=O)(=O)N2C[C@H]3CC[C@H]2c2ccccc23)c(C)o1. The van der Waals surface area contributed by atoms with E-state index in [4.69, 9.17) is 4.42 Å². The van der Waals surface area contributed by atoms with Crippen LogP contribution in [0.15, 0.2) is 39.6 Å². The lowest BCUT2D eigenvalue weighted by atomic mass is 9.76. The fourth-order valence-electron chi connectivity index (χ4n) is 3.94. The Kier molecular flexibility index (Phi) is 3.00. The summed E-state index contributed by atoms with van der Waals surface area (Å²) in [5, 5.41) is 0. The first-order valence-corrected chi connectivity index (χ1v) is 9.10. The predicted octanol–water partition coefficient (Wildman–Crippen LogP) is 3.52. The molecule has 1 aromatic carbocycles. The molecule has 1 aliphatic carbocycles. The number of aryl methyl sites for hydroxylation is 2. The van der Waals surface area contributed by atoms with E-state index in [9.17, 15) is 8.42 Å². The van der Waals surface area contributed by atoms with E-state index in [1.165, 1.54) is 11.1 Å². The molecule has 22 heavy (non-hydrogen) atoms. The summed E-state index contributed by atoms with van der Waals surface area (Å²) in [4.78, 5) is 0.315. The third-order valence-electron chi connectivity index (χ3n) is 4.91. The Labute approximate surface area is 130 Å². The van der Waals surface area contributed by atoms with Crippen LogP contribution in [-0.2, 0) is 10.0 Å². The molecule has 3 aliphatic rings. The van der Waals surface area contributed by atoms with Crippen LogP contribution in [0.2, 0.25) is 0 Å². The number of piperidine rings is 1. The minimum absolute atomic E-state index is 0.0409. The van der Waals surface area contributed by atoms with Gasteiger partial charge in [0.05, 0.1) is 6.04 Å². The van der Waals surface area contributed by atoms with Crippen molar-refractivity contribution in [1.29, 1.82) is 0 Å². The summed E-state index contributed by atoms with van der Waals surface area (Å²) in [5.41, 5.74) is 2.50. The molecule has 0 amide bonds. The topological polar surface area (TPSA) is 50.5 Å². The highest BCUT2D eigenvalue weighted by Gasteiger charge is 2.44. The predicted molar refractivity (Wildman–Crippen MR) is 83.2 cm³/mol. The van der Waals surface area contributed by atoms with Crippen LogP contribution in [0.1, 0.15) is 47.4 Å². The van der Waals surface area contributed by atoms with Gasteiger partial charge < -0.3 is 4.42 Å². The summed E-state index contributed by atoms with van der Waals surface area (Å²) in [5.74, 6) is 1.43. The number of nitrogens with zero attached hydrogens (tertiary/aromatic N) is 1. The Morgan fingerprint density at radius 2 is 1.86 bits per heavy atom. The van der Waals surface area contributed by atoms with Gasteiger partial charge in [0.15, 0.2) is 0 Å². The monoisotopic (exact) mass is 317 g/mol. The lowest BCUT2D eigenvalue weighted by Gasteiger charge is -2.45. The summed E-state index contributed by atoms with van der Waals surface area (Å²) >= 11 is 0. The number of hydrogen-bond donors (Lipinski definition) is 0. The number of furan rings is 1. The van der Waals surface area contributed by atoms with Gasteiger partial charge in [-0.1, -0.05) is 24.3 Å². The molecule has 5 heteroatoms. The highest BCUT2D eigenvalue weighted by Crippen LogP contribution is 2.48. The van der Waals surface area contributed by atoms with E-state index in [1.807, 2.05) is 12.1 Å². The second-order valence-electron chi connectivity index (χ2n) is 6.27. The van der Waals surface area contributed by atoms with Gasteiger partial charge in [-0.2, -0.15) is 4.31 Å². The molecule has 116 valence electrons. The van der Waals surface area contributed by atoms with Crippen molar-refractivity contribution in [3.05, 3.63) is 53.0 Å². The van der Waals surface area contributed by atoms with Gasteiger partial charge in [0, 0.05) is 6.54 Å². The lowest BCUT2D eigenvalue weighted by molar-refractivity contribution is 0.207. The first-order valence-electron chi connectivity index (χ1n) is 7.66. The second kappa shape index (κ2) is 4.70. The van der Waals surface area contributed by atoms with E-state index in [0.717, 1.165) is 12.8 Å². The molecule has 2 bridgehead atoms. The minimum Gasteiger partial charge on any atom is -0.465 e. The van der Waals surface area contributed by atoms with Crippen molar-refractivity contribution in [3.63, 3.8) is 0 Å². The second-order valence-corrected chi connectivity index (χ2v) is 8.13. The van der Waals surface area contributed by atoms with Gasteiger partial charge in [-0.15, -0.1) is 0 Å². The fourth-order valence-corrected chi connectivity index (χ4v) is 5.85. The van der Waals surface area contributed by atoms with Crippen molar-refractivity contribution < 1.29 is 12.8 Å². The normalized spacial score (nSPS) is 24.5. The van der Waals surface area contributed by atoms with E-state index in [1.54, 1.807) is 24.2 Å². The van der Waals surface area contributed by atoms with Gasteiger partial charge in [0.2, 0.25) is 10.0 Å². The largest absolute Gasteiger partial charge is 0.465 e. The summed E-state index contributed by atoms with van der Waals surface area (Å²) in [6.45, 7) is 4.08. The maximum atomic E-state index is 13.1. The fraction of sp³-hybridized carbons (Fsp3) is 0.412. The van der Waals surface area contributed by atoms with Crippen molar-refractivity contribution in [3.8, 4) is 0 Å². The minimum atomic E-state index is -3.51. The zero-order chi connectivity index (χ0) is 15.5. The molecule has 0 N–H and O–H groups in total. The number of benzene rings is 1. The quantitative estimate of drug-likeness (QED) is 0.851. The zero-order valence-corrected chi connectivity index (χ0v) is 13.6. The van der Waals surface area contributed by atoms with Crippen LogP contribution in [-0.4, -0.2) is 19.3 Å². The molecule has 0 unspecified atom stereocenters. The van der Waals surface area contributed by atoms with Crippen LogP contribution in [0, 0.1) is 13.8 Å². The molecule has 5 rings (SSSR count). The smallest absolute Gasteiger partial charge is 0.247 e. The Morgan fingerprint density at radius 3 is 2.55 bits per heavy atom. The average Bonchev–Trinajstić information content (AvgIpc) is 2.87. The molecule has 0 spiro atoms. The van der Waals surface area contributed by atoms with Crippen LogP contribution < -0.4 is 0 Å². The molecular weight excluding hydrogens is 298 g/mol. The van der Waals surface area contributed by atoms with E-state index >= 15 is 0 Å². The van der Waals surface area contributed by atoms with Gasteiger partial charge >= 0.3 is 0 Å². The lowest BCUT2D eigenvalue weighted by Crippen LogP contribution is -2.45. The van der Waals surface area contributed by atoms with Crippen molar-refractivity contribution >= 4 is 10.0 Å². The van der Waals surface area contributed by atoms with Gasteiger partial charge in [-0.05, 0) is 49.8 Å². The van der Waals surface area contributed by atoms with Gasteiger partial charge in [-0.25, -0.2) is 8.42 Å². The summed E-state index contributed by atoms with van der Waals surface area (Å²) < 4.78 is 33.3. The van der Waals surface area contributed by atoms with Gasteiger partial charge in [0.1, 0.15) is 16.4 Å². The molecule has 1 saturated heterocycles. The third kappa shape index (κ3) is 1.88. The molecular formula is C17H19NO3S. The van der Waals surface area contributed by atoms with Crippen LogP contribution in [0.25, 0.3) is 0 Å². The highest BCUT2D eigenvalue weighted by atomic mass is 32.2. The molecule has 2 aliphatic heterocycles. The molecule has 2 aromatic rings. The molecule has 3 heterocycles. The number of sulfonamides is 1. The number of hydrogen-bond acceptors (Lipinski definition) is 3. The average molecular weight is 317 g/mol. The Balaban J connectivity index is 1.81. The van der Waals surface area contributed by atoms with Crippen molar-refractivity contribution in [2.45, 2.75) is 43.5 Å². The highest BCUT2D eigenvalue weighted by molar-refractivity contribution is 7.89. The van der Waals surface area contributed by atoms with E-state index in [0.29, 0.717) is 28.9 Å². The molecule has 0 saturated carbocycles. The van der Waals surface area contributed by atoms with Gasteiger partial charge in [0.25, 0.3) is 0 Å². The van der Waals surface area contributed by atoms with E-state index < -0.39 is 10.0 Å². The van der Waals surface area contributed by atoms with Gasteiger partial charge in [-0.3, -0.25) is 0 Å². The van der Waals surface area contributed by atoms with Crippen molar-refractivity contribution in [1.82, 2.24) is 4.31 Å². The first-order chi connectivity index (χ1) is 10.5. The summed E-state index contributed by atoms with van der Waals surface area (Å²) in [6.07, 6.45) is 1.97. The Hall–Kier alpha value is -1.59. The number of rotatable bonds is 2. The molecule has 2 atom stereocenters. The Bertz CT molecular complexity index is 837. The van der Waals surface area contributed by atoms with Crippen LogP contribution in [0.4, 0.5) is 0 Å². The number of fused-ring (bicyclic) bond motifs is 2.